The number of aliphatic hydroxyl groups is 2. The van der Waals surface area contributed by atoms with Gasteiger partial charge in [-0.1, -0.05) is 0 Å². The summed E-state index contributed by atoms with van der Waals surface area (Å²) in [5, 5.41) is 29.5. The van der Waals surface area contributed by atoms with Crippen LogP contribution in [-0.4, -0.2) is 45.4 Å². The van der Waals surface area contributed by atoms with Crippen LogP contribution in [0.5, 0.6) is 0 Å². The van der Waals surface area contributed by atoms with Crippen LogP contribution in [0.15, 0.2) is 12.1 Å². The second-order valence-electron chi connectivity index (χ2n) is 4.07. The monoisotopic (exact) mass is 239 g/mol. The number of aromatic nitrogens is 1. The molecule has 1 fully saturated rings. The van der Waals surface area contributed by atoms with Gasteiger partial charge in [-0.2, -0.15) is 0 Å². The maximum absolute atomic E-state index is 10.6. The fraction of sp³-hybridized carbons (Fsp3) is 0.500. The van der Waals surface area contributed by atoms with Gasteiger partial charge in [0.2, 0.25) is 0 Å². The van der Waals surface area contributed by atoms with Gasteiger partial charge in [0.25, 0.3) is 5.69 Å². The molecule has 1 aromatic rings. The van der Waals surface area contributed by atoms with Gasteiger partial charge in [-0.25, -0.2) is 4.98 Å². The normalized spacial score (nSPS) is 24.1. The molecular weight excluding hydrogens is 226 g/mol. The first-order valence-electron chi connectivity index (χ1n) is 5.22. The van der Waals surface area contributed by atoms with E-state index in [4.69, 9.17) is 0 Å². The topological polar surface area (TPSA) is 99.7 Å². The van der Waals surface area contributed by atoms with Crippen LogP contribution in [0, 0.1) is 17.0 Å². The highest BCUT2D eigenvalue weighted by atomic mass is 16.6. The van der Waals surface area contributed by atoms with E-state index in [0.717, 1.165) is 0 Å². The van der Waals surface area contributed by atoms with Crippen LogP contribution >= 0.6 is 0 Å². The third kappa shape index (κ3) is 2.20. The number of β-amino-alcohol motifs (C(OH)–C–C–N with tert-alkyl or cyclic N) is 2. The molecule has 92 valence electrons. The van der Waals surface area contributed by atoms with Crippen molar-refractivity contribution in [2.45, 2.75) is 19.1 Å². The lowest BCUT2D eigenvalue weighted by Crippen LogP contribution is -2.22. The summed E-state index contributed by atoms with van der Waals surface area (Å²) < 4.78 is 0. The third-order valence-corrected chi connectivity index (χ3v) is 2.82. The summed E-state index contributed by atoms with van der Waals surface area (Å²) in [6, 6.07) is 2.91. The Kier molecular flexibility index (Phi) is 2.95. The predicted molar refractivity (Wildman–Crippen MR) is 59.9 cm³/mol. The number of hydrogen-bond acceptors (Lipinski definition) is 6. The number of hydrogen-bond donors (Lipinski definition) is 2. The van der Waals surface area contributed by atoms with Gasteiger partial charge in [-0.15, -0.1) is 0 Å². The molecule has 0 bridgehead atoms. The molecule has 2 atom stereocenters. The van der Waals surface area contributed by atoms with Crippen molar-refractivity contribution < 1.29 is 15.1 Å². The zero-order valence-electron chi connectivity index (χ0n) is 9.28. The average molecular weight is 239 g/mol. The minimum atomic E-state index is -0.799. The van der Waals surface area contributed by atoms with E-state index < -0.39 is 17.1 Å². The van der Waals surface area contributed by atoms with Crippen molar-refractivity contribution in [3.05, 3.63) is 27.9 Å². The van der Waals surface area contributed by atoms with E-state index in [9.17, 15) is 20.3 Å². The molecule has 7 nitrogen and oxygen atoms in total. The lowest BCUT2D eigenvalue weighted by atomic mass is 10.3. The smallest absolute Gasteiger partial charge is 0.290 e. The molecule has 7 heteroatoms. The van der Waals surface area contributed by atoms with Crippen molar-refractivity contribution in [2.75, 3.05) is 18.0 Å². The highest BCUT2D eigenvalue weighted by molar-refractivity contribution is 5.47. The quantitative estimate of drug-likeness (QED) is 0.549. The zero-order valence-corrected chi connectivity index (χ0v) is 9.28. The molecule has 2 heterocycles. The molecule has 0 aromatic carbocycles. The molecule has 1 aliphatic rings. The number of nitro groups is 1. The van der Waals surface area contributed by atoms with E-state index >= 15 is 0 Å². The van der Waals surface area contributed by atoms with Crippen LogP contribution in [-0.2, 0) is 0 Å². The molecule has 2 unspecified atom stereocenters. The van der Waals surface area contributed by atoms with Crippen molar-refractivity contribution in [2.24, 2.45) is 0 Å². The van der Waals surface area contributed by atoms with E-state index in [-0.39, 0.29) is 18.8 Å². The summed E-state index contributed by atoms with van der Waals surface area (Å²) in [5.74, 6) is 0.531. The van der Waals surface area contributed by atoms with Crippen molar-refractivity contribution in [1.82, 2.24) is 4.98 Å². The van der Waals surface area contributed by atoms with Gasteiger partial charge in [0.1, 0.15) is 11.5 Å². The molecule has 0 saturated carbocycles. The Balaban J connectivity index is 2.24. The largest absolute Gasteiger partial charge is 0.389 e. The summed E-state index contributed by atoms with van der Waals surface area (Å²) in [4.78, 5) is 16.0. The second kappa shape index (κ2) is 4.27. The molecule has 2 rings (SSSR count). The standard InChI is InChI=1S/C10H13N3O4/c1-6-7(13(16)17)2-3-10(11-6)12-4-8(14)9(15)5-12/h2-3,8-9,14-15H,4-5H2,1H3. The molecule has 1 aromatic heterocycles. The van der Waals surface area contributed by atoms with Crippen molar-refractivity contribution in [3.8, 4) is 0 Å². The molecule has 17 heavy (non-hydrogen) atoms. The molecule has 2 N–H and O–H groups in total. The van der Waals surface area contributed by atoms with Crippen LogP contribution in [0.2, 0.25) is 0 Å². The maximum Gasteiger partial charge on any atom is 0.290 e. The Labute approximate surface area is 97.5 Å². The molecular formula is C10H13N3O4. The van der Waals surface area contributed by atoms with Crippen molar-refractivity contribution in [1.29, 1.82) is 0 Å². The van der Waals surface area contributed by atoms with Crippen LogP contribution in [0.3, 0.4) is 0 Å². The summed E-state index contributed by atoms with van der Waals surface area (Å²) in [6.45, 7) is 2.13. The maximum atomic E-state index is 10.6. The Morgan fingerprint density at radius 1 is 1.41 bits per heavy atom. The van der Waals surface area contributed by atoms with E-state index in [1.165, 1.54) is 12.1 Å². The fourth-order valence-electron chi connectivity index (χ4n) is 1.87. The Hall–Kier alpha value is -1.73. The van der Waals surface area contributed by atoms with Gasteiger partial charge in [0.05, 0.1) is 17.1 Å². The molecule has 1 saturated heterocycles. The van der Waals surface area contributed by atoms with Crippen molar-refractivity contribution in [3.63, 3.8) is 0 Å². The first-order chi connectivity index (χ1) is 7.99. The third-order valence-electron chi connectivity index (χ3n) is 2.82. The molecule has 0 aliphatic carbocycles. The van der Waals surface area contributed by atoms with E-state index in [0.29, 0.717) is 11.5 Å². The van der Waals surface area contributed by atoms with Gasteiger partial charge in [-0.05, 0) is 13.0 Å². The summed E-state index contributed by atoms with van der Waals surface area (Å²) >= 11 is 0. The van der Waals surface area contributed by atoms with Gasteiger partial charge in [0, 0.05) is 19.2 Å². The number of pyridine rings is 1. The lowest BCUT2D eigenvalue weighted by Gasteiger charge is -2.16. The van der Waals surface area contributed by atoms with Gasteiger partial charge in [0.15, 0.2) is 0 Å². The highest BCUT2D eigenvalue weighted by Gasteiger charge is 2.30. The molecule has 0 radical (unpaired) electrons. The predicted octanol–water partition coefficient (Wildman–Crippen LogP) is -0.160. The Morgan fingerprint density at radius 3 is 2.47 bits per heavy atom. The van der Waals surface area contributed by atoms with Gasteiger partial charge < -0.3 is 15.1 Å². The van der Waals surface area contributed by atoms with Crippen LogP contribution < -0.4 is 4.90 Å². The number of rotatable bonds is 2. The lowest BCUT2D eigenvalue weighted by molar-refractivity contribution is -0.385. The summed E-state index contributed by atoms with van der Waals surface area (Å²) in [6.07, 6.45) is -1.60. The summed E-state index contributed by atoms with van der Waals surface area (Å²) in [5.41, 5.74) is 0.289. The number of nitrogens with zero attached hydrogens (tertiary/aromatic N) is 3. The first kappa shape index (κ1) is 11.7. The number of aliphatic hydroxyl groups excluding tert-OH is 2. The minimum absolute atomic E-state index is 0.0333. The van der Waals surface area contributed by atoms with Gasteiger partial charge >= 0.3 is 0 Å². The van der Waals surface area contributed by atoms with Crippen LogP contribution in [0.1, 0.15) is 5.69 Å². The molecule has 0 amide bonds. The average Bonchev–Trinajstić information content (AvgIpc) is 2.58. The van der Waals surface area contributed by atoms with E-state index in [2.05, 4.69) is 4.98 Å². The minimum Gasteiger partial charge on any atom is -0.389 e. The first-order valence-corrected chi connectivity index (χ1v) is 5.22. The van der Waals surface area contributed by atoms with E-state index in [1.54, 1.807) is 11.8 Å². The van der Waals surface area contributed by atoms with Crippen molar-refractivity contribution >= 4 is 11.5 Å². The summed E-state index contributed by atoms with van der Waals surface area (Å²) in [7, 11) is 0. The Morgan fingerprint density at radius 2 is 2.00 bits per heavy atom. The van der Waals surface area contributed by atoms with Gasteiger partial charge in [-0.3, -0.25) is 10.1 Å². The number of anilines is 1. The molecule has 0 spiro atoms. The Bertz CT molecular complexity index is 441. The SMILES string of the molecule is Cc1nc(N2CC(O)C(O)C2)ccc1[N+](=O)[O-]. The fourth-order valence-corrected chi connectivity index (χ4v) is 1.87. The molecule has 1 aliphatic heterocycles. The van der Waals surface area contributed by atoms with E-state index in [1.807, 2.05) is 0 Å². The highest BCUT2D eigenvalue weighted by Crippen LogP contribution is 2.23. The second-order valence-corrected chi connectivity index (χ2v) is 4.07. The van der Waals surface area contributed by atoms with Crippen LogP contribution in [0.25, 0.3) is 0 Å². The number of aryl methyl sites for hydroxylation is 1. The van der Waals surface area contributed by atoms with Crippen LogP contribution in [0.4, 0.5) is 11.5 Å². The zero-order chi connectivity index (χ0) is 12.6.